The average Bonchev–Trinajstić information content (AvgIpc) is 2.73. The number of aliphatic carboxylic acids is 1. The molecule has 92 valence electrons. The van der Waals surface area contributed by atoms with E-state index in [2.05, 4.69) is 6.92 Å². The van der Waals surface area contributed by atoms with Gasteiger partial charge in [0.05, 0.1) is 12.2 Å². The van der Waals surface area contributed by atoms with Crippen LogP contribution in [0, 0.1) is 11.3 Å². The summed E-state index contributed by atoms with van der Waals surface area (Å²) in [6.45, 7) is 2.76. The molecule has 1 aliphatic carbocycles. The third kappa shape index (κ3) is 1.64. The van der Waals surface area contributed by atoms with Gasteiger partial charge in [-0.3, -0.25) is 4.79 Å². The van der Waals surface area contributed by atoms with Crippen LogP contribution in [0.25, 0.3) is 0 Å². The Morgan fingerprint density at radius 2 is 1.94 bits per heavy atom. The number of carboxylic acids is 1. The maximum atomic E-state index is 11.5. The van der Waals surface area contributed by atoms with E-state index in [1.165, 1.54) is 0 Å². The van der Waals surface area contributed by atoms with Gasteiger partial charge in [0.25, 0.3) is 0 Å². The summed E-state index contributed by atoms with van der Waals surface area (Å²) in [6.07, 6.45) is 3.43. The minimum absolute atomic E-state index is 0.160. The molecule has 1 unspecified atom stereocenters. The van der Waals surface area contributed by atoms with Crippen LogP contribution in [-0.2, 0) is 9.53 Å². The average molecular weight is 228 g/mol. The lowest BCUT2D eigenvalue weighted by Crippen LogP contribution is -2.55. The molecule has 0 radical (unpaired) electrons. The lowest BCUT2D eigenvalue weighted by Gasteiger charge is -2.44. The summed E-state index contributed by atoms with van der Waals surface area (Å²) in [5.74, 6) is -0.310. The van der Waals surface area contributed by atoms with Crippen LogP contribution in [0.4, 0.5) is 0 Å². The zero-order valence-corrected chi connectivity index (χ0v) is 9.74. The van der Waals surface area contributed by atoms with Gasteiger partial charge < -0.3 is 14.9 Å². The highest BCUT2D eigenvalue weighted by Gasteiger charge is 2.58. The smallest absolute Gasteiger partial charge is 0.315 e. The molecular weight excluding hydrogens is 208 g/mol. The lowest BCUT2D eigenvalue weighted by atomic mass is 9.63. The van der Waals surface area contributed by atoms with Gasteiger partial charge in [-0.05, 0) is 38.0 Å². The number of aliphatic hydroxyl groups is 1. The highest BCUT2D eigenvalue weighted by atomic mass is 16.5. The Bertz CT molecular complexity index is 273. The van der Waals surface area contributed by atoms with Gasteiger partial charge in [-0.2, -0.15) is 0 Å². The Morgan fingerprint density at radius 3 is 2.38 bits per heavy atom. The summed E-state index contributed by atoms with van der Waals surface area (Å²) in [6, 6.07) is 0. The van der Waals surface area contributed by atoms with Gasteiger partial charge in [0, 0.05) is 6.61 Å². The largest absolute Gasteiger partial charge is 0.481 e. The van der Waals surface area contributed by atoms with E-state index in [4.69, 9.17) is 4.74 Å². The Hall–Kier alpha value is -0.610. The van der Waals surface area contributed by atoms with Crippen molar-refractivity contribution in [1.82, 2.24) is 0 Å². The zero-order chi connectivity index (χ0) is 11.8. The van der Waals surface area contributed by atoms with Crippen molar-refractivity contribution < 1.29 is 19.7 Å². The fourth-order valence-electron chi connectivity index (χ4n) is 3.02. The number of hydrogen-bond acceptors (Lipinski definition) is 3. The molecule has 0 aromatic carbocycles. The quantitative estimate of drug-likeness (QED) is 0.750. The number of rotatable bonds is 2. The number of carboxylic acid groups (broad SMARTS) is 1. The van der Waals surface area contributed by atoms with Crippen LogP contribution in [0.15, 0.2) is 0 Å². The minimum atomic E-state index is -1.07. The first-order valence-electron chi connectivity index (χ1n) is 6.04. The Balaban J connectivity index is 2.22. The van der Waals surface area contributed by atoms with E-state index in [1.54, 1.807) is 0 Å². The van der Waals surface area contributed by atoms with E-state index in [-0.39, 0.29) is 6.61 Å². The van der Waals surface area contributed by atoms with Crippen molar-refractivity contribution in [1.29, 1.82) is 0 Å². The molecule has 4 nitrogen and oxygen atoms in total. The van der Waals surface area contributed by atoms with Crippen LogP contribution in [0.1, 0.15) is 39.0 Å². The molecule has 1 saturated carbocycles. The monoisotopic (exact) mass is 228 g/mol. The predicted octanol–water partition coefficient (Wildman–Crippen LogP) is 1.42. The fourth-order valence-corrected chi connectivity index (χ4v) is 3.02. The Kier molecular flexibility index (Phi) is 2.97. The summed E-state index contributed by atoms with van der Waals surface area (Å²) >= 11 is 0. The molecule has 2 fully saturated rings. The summed E-state index contributed by atoms with van der Waals surface area (Å²) in [5.41, 5.74) is -2.13. The molecule has 1 saturated heterocycles. The van der Waals surface area contributed by atoms with Crippen molar-refractivity contribution in [3.63, 3.8) is 0 Å². The molecule has 2 N–H and O–H groups in total. The van der Waals surface area contributed by atoms with E-state index in [1.807, 2.05) is 0 Å². The van der Waals surface area contributed by atoms with Gasteiger partial charge in [0.1, 0.15) is 5.41 Å². The zero-order valence-electron chi connectivity index (χ0n) is 9.74. The van der Waals surface area contributed by atoms with Crippen molar-refractivity contribution >= 4 is 5.97 Å². The van der Waals surface area contributed by atoms with Crippen LogP contribution in [-0.4, -0.2) is 35.0 Å². The Morgan fingerprint density at radius 1 is 1.31 bits per heavy atom. The first-order valence-corrected chi connectivity index (χ1v) is 6.04. The van der Waals surface area contributed by atoms with Crippen molar-refractivity contribution in [3.05, 3.63) is 0 Å². The fraction of sp³-hybridized carbons (Fsp3) is 0.917. The van der Waals surface area contributed by atoms with Crippen LogP contribution >= 0.6 is 0 Å². The summed E-state index contributed by atoms with van der Waals surface area (Å²) in [5, 5.41) is 20.1. The van der Waals surface area contributed by atoms with Crippen LogP contribution < -0.4 is 0 Å². The molecule has 0 aromatic heterocycles. The number of ether oxygens (including phenoxy) is 1. The van der Waals surface area contributed by atoms with Crippen molar-refractivity contribution in [2.75, 3.05) is 13.2 Å². The molecule has 1 atom stereocenters. The van der Waals surface area contributed by atoms with Crippen LogP contribution in [0.3, 0.4) is 0 Å². The molecule has 2 aliphatic rings. The molecule has 4 heteroatoms. The highest BCUT2D eigenvalue weighted by Crippen LogP contribution is 2.48. The maximum absolute atomic E-state index is 11.5. The van der Waals surface area contributed by atoms with E-state index >= 15 is 0 Å². The van der Waals surface area contributed by atoms with Gasteiger partial charge in [-0.15, -0.1) is 0 Å². The second kappa shape index (κ2) is 4.00. The van der Waals surface area contributed by atoms with Crippen molar-refractivity contribution in [2.45, 2.75) is 44.6 Å². The molecule has 1 aliphatic heterocycles. The van der Waals surface area contributed by atoms with Crippen molar-refractivity contribution in [3.8, 4) is 0 Å². The molecule has 1 heterocycles. The molecule has 0 bridgehead atoms. The second-order valence-corrected chi connectivity index (χ2v) is 5.40. The van der Waals surface area contributed by atoms with E-state index < -0.39 is 17.0 Å². The molecule has 2 rings (SSSR count). The topological polar surface area (TPSA) is 66.8 Å². The Labute approximate surface area is 95.6 Å². The molecular formula is C12H20O4. The van der Waals surface area contributed by atoms with Gasteiger partial charge in [0.2, 0.25) is 0 Å². The summed E-state index contributed by atoms with van der Waals surface area (Å²) < 4.78 is 5.23. The van der Waals surface area contributed by atoms with E-state index in [0.717, 1.165) is 12.8 Å². The van der Waals surface area contributed by atoms with E-state index in [0.29, 0.717) is 31.8 Å². The van der Waals surface area contributed by atoms with Gasteiger partial charge >= 0.3 is 5.97 Å². The minimum Gasteiger partial charge on any atom is -0.481 e. The number of carbonyl (C=O) groups is 1. The summed E-state index contributed by atoms with van der Waals surface area (Å²) in [4.78, 5) is 11.5. The molecule has 16 heavy (non-hydrogen) atoms. The van der Waals surface area contributed by atoms with E-state index in [9.17, 15) is 15.0 Å². The van der Waals surface area contributed by atoms with Crippen molar-refractivity contribution in [2.24, 2.45) is 11.3 Å². The third-order valence-corrected chi connectivity index (χ3v) is 4.42. The molecule has 0 spiro atoms. The first kappa shape index (κ1) is 11.9. The second-order valence-electron chi connectivity index (χ2n) is 5.40. The standard InChI is InChI=1S/C12H20O4/c1-9-2-4-12(15,5-3-9)11(10(13)14)6-7-16-8-11/h9,15H,2-8H2,1H3,(H,13,14). The predicted molar refractivity (Wildman–Crippen MR) is 58.1 cm³/mol. The normalized spacial score (nSPS) is 44.5. The summed E-state index contributed by atoms with van der Waals surface area (Å²) in [7, 11) is 0. The number of hydrogen-bond donors (Lipinski definition) is 2. The van der Waals surface area contributed by atoms with Gasteiger partial charge in [-0.25, -0.2) is 0 Å². The van der Waals surface area contributed by atoms with Gasteiger partial charge in [-0.1, -0.05) is 6.92 Å². The van der Waals surface area contributed by atoms with Crippen LogP contribution in [0.5, 0.6) is 0 Å². The SMILES string of the molecule is CC1CCC(O)(C2(C(=O)O)CCOC2)CC1. The highest BCUT2D eigenvalue weighted by molar-refractivity contribution is 5.77. The first-order chi connectivity index (χ1) is 7.50. The maximum Gasteiger partial charge on any atom is 0.315 e. The third-order valence-electron chi connectivity index (χ3n) is 4.42. The van der Waals surface area contributed by atoms with Crippen LogP contribution in [0.2, 0.25) is 0 Å². The lowest BCUT2D eigenvalue weighted by molar-refractivity contribution is -0.176. The molecule has 0 amide bonds. The molecule has 0 aromatic rings. The van der Waals surface area contributed by atoms with Gasteiger partial charge in [0.15, 0.2) is 0 Å².